The van der Waals surface area contributed by atoms with E-state index in [0.29, 0.717) is 10.0 Å². The van der Waals surface area contributed by atoms with Crippen molar-refractivity contribution in [2.45, 2.75) is 87.6 Å². The number of carbonyl (C=O) groups excluding carboxylic acids is 2. The van der Waals surface area contributed by atoms with Crippen molar-refractivity contribution in [3.05, 3.63) is 63.1 Å². The molecule has 12 heteroatoms. The molecule has 0 bridgehead atoms. The van der Waals surface area contributed by atoms with Gasteiger partial charge in [-0.1, -0.05) is 66.2 Å². The quantitative estimate of drug-likeness (QED) is 0.462. The second-order valence-electron chi connectivity index (χ2n) is 11.4. The second kappa shape index (κ2) is 12.4. The van der Waals surface area contributed by atoms with Crippen LogP contribution in [-0.2, 0) is 26.0 Å². The maximum absolute atomic E-state index is 14.3. The molecule has 1 aliphatic carbocycles. The number of amides is 2. The Bertz CT molecular complexity index is 1400. The van der Waals surface area contributed by atoms with Crippen LogP contribution >= 0.6 is 34.8 Å². The summed E-state index contributed by atoms with van der Waals surface area (Å²) >= 11 is 18.6. The van der Waals surface area contributed by atoms with E-state index >= 15 is 0 Å². The minimum atomic E-state index is -4.19. The van der Waals surface area contributed by atoms with Crippen LogP contribution in [0.1, 0.15) is 51.5 Å². The van der Waals surface area contributed by atoms with Gasteiger partial charge in [-0.05, 0) is 62.6 Å². The molecule has 3 atom stereocenters. The molecule has 41 heavy (non-hydrogen) atoms. The van der Waals surface area contributed by atoms with E-state index in [1.807, 2.05) is 26.0 Å². The third kappa shape index (κ3) is 6.26. The molecule has 0 aromatic heterocycles. The summed E-state index contributed by atoms with van der Waals surface area (Å²) in [4.78, 5) is 31.2. The number of hydrogen-bond acceptors (Lipinski definition) is 5. The van der Waals surface area contributed by atoms with Gasteiger partial charge in [-0.15, -0.1) is 0 Å². The predicted octanol–water partition coefficient (Wildman–Crippen LogP) is 4.96. The molecular formula is C29H35Cl3N4O4S. The molecule has 1 N–H and O–H groups in total. The van der Waals surface area contributed by atoms with Gasteiger partial charge in [-0.25, -0.2) is 8.42 Å². The van der Waals surface area contributed by atoms with Crippen LogP contribution in [0.3, 0.4) is 0 Å². The number of fused-ring (bicyclic) bond motifs is 1. The van der Waals surface area contributed by atoms with Crippen molar-refractivity contribution in [3.8, 4) is 0 Å². The average Bonchev–Trinajstić information content (AvgIpc) is 2.92. The van der Waals surface area contributed by atoms with E-state index in [9.17, 15) is 18.0 Å². The van der Waals surface area contributed by atoms with Crippen molar-refractivity contribution in [2.75, 3.05) is 13.1 Å². The largest absolute Gasteiger partial charge is 0.335 e. The number of rotatable bonds is 7. The predicted molar refractivity (Wildman–Crippen MR) is 161 cm³/mol. The molecule has 3 fully saturated rings. The molecule has 1 saturated carbocycles. The standard InChI is InChI=1S/C29H35Cl3N4O4S/c1-18(2)34-17-27-35(41(39,40)26-13-12-21(31)15-23(26)32)16-24(33-22-6-4-3-5-7-22)28(37)36(27)25(29(34)38)14-19-8-10-20(30)11-9-19/h8-13,15,18,22,24-25,27,33H,3-7,14,16-17H2,1-2H3. The molecule has 2 amide bonds. The van der Waals surface area contributed by atoms with E-state index in [-0.39, 0.29) is 53.3 Å². The summed E-state index contributed by atoms with van der Waals surface area (Å²) in [5, 5.41) is 4.35. The van der Waals surface area contributed by atoms with Gasteiger partial charge in [0, 0.05) is 35.1 Å². The summed E-state index contributed by atoms with van der Waals surface area (Å²) in [6.07, 6.45) is 4.40. The summed E-state index contributed by atoms with van der Waals surface area (Å²) in [5.74, 6) is -0.468. The van der Waals surface area contributed by atoms with Crippen LogP contribution in [0.15, 0.2) is 47.4 Å². The number of halogens is 3. The lowest BCUT2D eigenvalue weighted by molar-refractivity contribution is -0.169. The van der Waals surface area contributed by atoms with Crippen LogP contribution in [0, 0.1) is 0 Å². The van der Waals surface area contributed by atoms with E-state index in [4.69, 9.17) is 34.8 Å². The zero-order chi connectivity index (χ0) is 29.5. The highest BCUT2D eigenvalue weighted by Gasteiger charge is 2.54. The molecule has 2 saturated heterocycles. The summed E-state index contributed by atoms with van der Waals surface area (Å²) < 4.78 is 29.9. The van der Waals surface area contributed by atoms with Gasteiger partial charge in [0.2, 0.25) is 21.8 Å². The van der Waals surface area contributed by atoms with Gasteiger partial charge in [0.05, 0.1) is 11.6 Å². The van der Waals surface area contributed by atoms with Crippen molar-refractivity contribution in [2.24, 2.45) is 0 Å². The van der Waals surface area contributed by atoms with Gasteiger partial charge >= 0.3 is 0 Å². The topological polar surface area (TPSA) is 90.0 Å². The second-order valence-corrected chi connectivity index (χ2v) is 14.5. The Morgan fingerprint density at radius 2 is 1.56 bits per heavy atom. The van der Waals surface area contributed by atoms with E-state index in [2.05, 4.69) is 5.32 Å². The molecule has 2 aliphatic heterocycles. The minimum absolute atomic E-state index is 0.00283. The highest BCUT2D eigenvalue weighted by molar-refractivity contribution is 7.89. The summed E-state index contributed by atoms with van der Waals surface area (Å²) in [6.45, 7) is 3.77. The Morgan fingerprint density at radius 3 is 2.20 bits per heavy atom. The van der Waals surface area contributed by atoms with Crippen LogP contribution in [0.4, 0.5) is 0 Å². The molecule has 222 valence electrons. The maximum Gasteiger partial charge on any atom is 0.246 e. The molecule has 2 aromatic rings. The Hall–Kier alpha value is -1.88. The summed E-state index contributed by atoms with van der Waals surface area (Å²) in [5.41, 5.74) is 0.822. The van der Waals surface area contributed by atoms with E-state index < -0.39 is 28.3 Å². The van der Waals surface area contributed by atoms with Crippen molar-refractivity contribution in [1.29, 1.82) is 0 Å². The first kappa shape index (κ1) is 30.6. The fourth-order valence-corrected chi connectivity index (χ4v) is 8.66. The molecule has 8 nitrogen and oxygen atoms in total. The van der Waals surface area contributed by atoms with Gasteiger partial charge in [-0.3, -0.25) is 9.59 Å². The average molecular weight is 642 g/mol. The van der Waals surface area contributed by atoms with E-state index in [1.54, 1.807) is 17.0 Å². The first-order valence-corrected chi connectivity index (χ1v) is 16.6. The SMILES string of the molecule is CC(C)N1CC2N(C(=O)C(NC3CCCCC3)CN2S(=O)(=O)c2ccc(Cl)cc2Cl)C(Cc2ccc(Cl)cc2)C1=O. The first-order valence-electron chi connectivity index (χ1n) is 14.1. The zero-order valence-corrected chi connectivity index (χ0v) is 26.2. The number of carbonyl (C=O) groups is 2. The number of hydrogen-bond donors (Lipinski definition) is 1. The smallest absolute Gasteiger partial charge is 0.246 e. The van der Waals surface area contributed by atoms with Crippen LogP contribution in [0.5, 0.6) is 0 Å². The number of nitrogens with one attached hydrogen (secondary N) is 1. The lowest BCUT2D eigenvalue weighted by Crippen LogP contribution is -2.76. The third-order valence-electron chi connectivity index (χ3n) is 8.32. The molecular weight excluding hydrogens is 607 g/mol. The Labute approximate surface area is 256 Å². The van der Waals surface area contributed by atoms with Gasteiger partial charge in [0.1, 0.15) is 23.1 Å². The summed E-state index contributed by atoms with van der Waals surface area (Å²) in [7, 11) is -4.19. The van der Waals surface area contributed by atoms with Crippen LogP contribution in [0.25, 0.3) is 0 Å². The van der Waals surface area contributed by atoms with E-state index in [1.165, 1.54) is 27.4 Å². The number of nitrogens with zero attached hydrogens (tertiary/aromatic N) is 3. The molecule has 2 heterocycles. The Kier molecular flexibility index (Phi) is 9.24. The Morgan fingerprint density at radius 1 is 0.902 bits per heavy atom. The van der Waals surface area contributed by atoms with Gasteiger partial charge < -0.3 is 15.1 Å². The molecule has 0 radical (unpaired) electrons. The number of piperazine rings is 1. The molecule has 5 rings (SSSR count). The monoisotopic (exact) mass is 640 g/mol. The van der Waals surface area contributed by atoms with Gasteiger partial charge in [0.25, 0.3) is 0 Å². The van der Waals surface area contributed by atoms with Crippen molar-refractivity contribution in [1.82, 2.24) is 19.4 Å². The fourth-order valence-electron chi connectivity index (χ4n) is 6.20. The lowest BCUT2D eigenvalue weighted by Gasteiger charge is -2.54. The highest BCUT2D eigenvalue weighted by Crippen LogP contribution is 2.35. The first-order chi connectivity index (χ1) is 19.5. The Balaban J connectivity index is 1.59. The number of sulfonamides is 1. The summed E-state index contributed by atoms with van der Waals surface area (Å²) in [6, 6.07) is 9.62. The molecule has 2 aromatic carbocycles. The van der Waals surface area contributed by atoms with Crippen molar-refractivity contribution >= 4 is 56.6 Å². The third-order valence-corrected chi connectivity index (χ3v) is 11.2. The number of benzene rings is 2. The molecule has 0 spiro atoms. The van der Waals surface area contributed by atoms with Gasteiger partial charge in [-0.2, -0.15) is 4.31 Å². The van der Waals surface area contributed by atoms with Gasteiger partial charge in [0.15, 0.2) is 0 Å². The van der Waals surface area contributed by atoms with Crippen LogP contribution < -0.4 is 5.32 Å². The zero-order valence-electron chi connectivity index (χ0n) is 23.1. The van der Waals surface area contributed by atoms with Crippen LogP contribution in [0.2, 0.25) is 15.1 Å². The fraction of sp³-hybridized carbons (Fsp3) is 0.517. The molecule has 3 unspecified atom stereocenters. The maximum atomic E-state index is 14.3. The van der Waals surface area contributed by atoms with E-state index in [0.717, 1.165) is 37.7 Å². The highest BCUT2D eigenvalue weighted by atomic mass is 35.5. The molecule has 3 aliphatic rings. The van der Waals surface area contributed by atoms with Crippen molar-refractivity contribution < 1.29 is 18.0 Å². The lowest BCUT2D eigenvalue weighted by atomic mass is 9.93. The van der Waals surface area contributed by atoms with Crippen LogP contribution in [-0.4, -0.2) is 77.8 Å². The minimum Gasteiger partial charge on any atom is -0.335 e. The van der Waals surface area contributed by atoms with Crippen molar-refractivity contribution in [3.63, 3.8) is 0 Å². The normalized spacial score (nSPS) is 24.7.